The number of benzene rings is 2. The molecule has 0 bridgehead atoms. The van der Waals surface area contributed by atoms with Gasteiger partial charge in [0.15, 0.2) is 11.5 Å². The molecule has 0 saturated heterocycles. The van der Waals surface area contributed by atoms with E-state index in [1.807, 2.05) is 30.3 Å². The number of para-hydroxylation sites is 1. The Balaban J connectivity index is 1.60. The van der Waals surface area contributed by atoms with Gasteiger partial charge in [-0.05, 0) is 29.8 Å². The fourth-order valence-corrected chi connectivity index (χ4v) is 3.13. The number of rotatable bonds is 1. The molecule has 0 unspecified atom stereocenters. The van der Waals surface area contributed by atoms with Crippen molar-refractivity contribution in [3.63, 3.8) is 0 Å². The van der Waals surface area contributed by atoms with E-state index in [0.717, 1.165) is 5.39 Å². The van der Waals surface area contributed by atoms with Gasteiger partial charge in [-0.15, -0.1) is 0 Å². The van der Waals surface area contributed by atoms with Crippen LogP contribution in [-0.4, -0.2) is 52.9 Å². The maximum Gasteiger partial charge on any atom is 0.344 e. The zero-order chi connectivity index (χ0) is 20.6. The minimum absolute atomic E-state index is 0.350. The minimum Gasteiger partial charge on any atom is -0.487 e. The Hall–Kier alpha value is -2.87. The van der Waals surface area contributed by atoms with Gasteiger partial charge >= 0.3 is 5.63 Å². The number of fused-ring (bicyclic) bond motifs is 2. The highest BCUT2D eigenvalue weighted by Gasteiger charge is 2.13. The van der Waals surface area contributed by atoms with E-state index < -0.39 is 5.63 Å². The van der Waals surface area contributed by atoms with E-state index >= 15 is 0 Å². The summed E-state index contributed by atoms with van der Waals surface area (Å²) in [5, 5.41) is 0.855. The van der Waals surface area contributed by atoms with Crippen molar-refractivity contribution in [2.75, 3.05) is 52.9 Å². The molecule has 2 aromatic carbocycles. The summed E-state index contributed by atoms with van der Waals surface area (Å²) in [6.07, 6.45) is 0. The van der Waals surface area contributed by atoms with E-state index in [2.05, 4.69) is 0 Å². The SMILES string of the molecule is O=c1oc2ccccc2cc1-c1ccc2c(c1)OCCOCCOCCOCCO2. The highest BCUT2D eigenvalue weighted by molar-refractivity contribution is 5.82. The molecule has 0 fully saturated rings. The van der Waals surface area contributed by atoms with E-state index in [9.17, 15) is 4.79 Å². The summed E-state index contributed by atoms with van der Waals surface area (Å²) in [7, 11) is 0. The first-order valence-electron chi connectivity index (χ1n) is 9.97. The molecule has 158 valence electrons. The number of hydrogen-bond acceptors (Lipinski definition) is 7. The third-order valence-electron chi connectivity index (χ3n) is 4.61. The molecular weight excluding hydrogens is 388 g/mol. The fourth-order valence-electron chi connectivity index (χ4n) is 3.13. The largest absolute Gasteiger partial charge is 0.487 e. The van der Waals surface area contributed by atoms with Crippen LogP contribution in [0.2, 0.25) is 0 Å². The predicted molar refractivity (Wildman–Crippen MR) is 111 cm³/mol. The second-order valence-electron chi connectivity index (χ2n) is 6.68. The van der Waals surface area contributed by atoms with Crippen LogP contribution in [0.25, 0.3) is 22.1 Å². The quantitative estimate of drug-likeness (QED) is 0.568. The van der Waals surface area contributed by atoms with Crippen LogP contribution >= 0.6 is 0 Å². The van der Waals surface area contributed by atoms with Crippen molar-refractivity contribution >= 4 is 11.0 Å². The summed E-state index contributed by atoms with van der Waals surface area (Å²) >= 11 is 0. The van der Waals surface area contributed by atoms with Crippen molar-refractivity contribution in [3.05, 3.63) is 59.0 Å². The van der Waals surface area contributed by atoms with Crippen LogP contribution in [0.15, 0.2) is 57.7 Å². The van der Waals surface area contributed by atoms with Crippen LogP contribution in [-0.2, 0) is 14.2 Å². The molecule has 0 saturated carbocycles. The highest BCUT2D eigenvalue weighted by Crippen LogP contribution is 2.32. The van der Waals surface area contributed by atoms with Gasteiger partial charge in [0.2, 0.25) is 0 Å². The van der Waals surface area contributed by atoms with Crippen LogP contribution in [0.4, 0.5) is 0 Å². The molecule has 0 amide bonds. The van der Waals surface area contributed by atoms with Gasteiger partial charge in [-0.2, -0.15) is 0 Å². The Bertz CT molecular complexity index is 1030. The monoisotopic (exact) mass is 412 g/mol. The average Bonchev–Trinajstić information content (AvgIpc) is 2.77. The second kappa shape index (κ2) is 10.2. The van der Waals surface area contributed by atoms with Gasteiger partial charge in [-0.25, -0.2) is 4.79 Å². The molecule has 1 aliphatic heterocycles. The van der Waals surface area contributed by atoms with Crippen LogP contribution in [0.5, 0.6) is 11.5 Å². The van der Waals surface area contributed by atoms with Crippen LogP contribution in [0.1, 0.15) is 0 Å². The molecule has 0 atom stereocenters. The molecule has 30 heavy (non-hydrogen) atoms. The second-order valence-corrected chi connectivity index (χ2v) is 6.68. The van der Waals surface area contributed by atoms with Gasteiger partial charge in [0.05, 0.1) is 45.2 Å². The first kappa shape index (κ1) is 20.4. The van der Waals surface area contributed by atoms with Gasteiger partial charge in [0.1, 0.15) is 18.8 Å². The van der Waals surface area contributed by atoms with E-state index in [0.29, 0.717) is 81.1 Å². The lowest BCUT2D eigenvalue weighted by Gasteiger charge is -2.14. The smallest absolute Gasteiger partial charge is 0.344 e. The normalized spacial score (nSPS) is 16.5. The van der Waals surface area contributed by atoms with E-state index in [4.69, 9.17) is 28.1 Å². The van der Waals surface area contributed by atoms with Crippen molar-refractivity contribution in [2.45, 2.75) is 0 Å². The van der Waals surface area contributed by atoms with Gasteiger partial charge in [-0.3, -0.25) is 0 Å². The summed E-state index contributed by atoms with van der Waals surface area (Å²) in [4.78, 5) is 12.5. The third kappa shape index (κ3) is 5.18. The molecule has 0 radical (unpaired) electrons. The van der Waals surface area contributed by atoms with Gasteiger partial charge in [0, 0.05) is 5.39 Å². The molecule has 7 nitrogen and oxygen atoms in total. The third-order valence-corrected chi connectivity index (χ3v) is 4.61. The van der Waals surface area contributed by atoms with Crippen molar-refractivity contribution in [1.82, 2.24) is 0 Å². The Morgan fingerprint density at radius 2 is 1.27 bits per heavy atom. The van der Waals surface area contributed by atoms with Crippen LogP contribution in [0, 0.1) is 0 Å². The van der Waals surface area contributed by atoms with E-state index in [1.54, 1.807) is 18.2 Å². The first-order valence-corrected chi connectivity index (χ1v) is 9.97. The maximum atomic E-state index is 12.5. The number of hydrogen-bond donors (Lipinski definition) is 0. The molecule has 1 aromatic heterocycles. The Morgan fingerprint density at radius 3 is 2.00 bits per heavy atom. The summed E-state index contributed by atoms with van der Waals surface area (Å²) < 4.78 is 33.6. The maximum absolute atomic E-state index is 12.5. The van der Waals surface area contributed by atoms with Crippen molar-refractivity contribution in [2.24, 2.45) is 0 Å². The zero-order valence-electron chi connectivity index (χ0n) is 16.6. The summed E-state index contributed by atoms with van der Waals surface area (Å²) in [5.74, 6) is 1.12. The zero-order valence-corrected chi connectivity index (χ0v) is 16.6. The molecule has 4 rings (SSSR count). The van der Waals surface area contributed by atoms with Gasteiger partial charge in [0.25, 0.3) is 0 Å². The van der Waals surface area contributed by atoms with Crippen LogP contribution < -0.4 is 15.1 Å². The molecule has 0 spiro atoms. The van der Waals surface area contributed by atoms with Crippen molar-refractivity contribution in [3.8, 4) is 22.6 Å². The lowest BCUT2D eigenvalue weighted by molar-refractivity contribution is 0.00708. The minimum atomic E-state index is -0.400. The molecule has 7 heteroatoms. The summed E-state index contributed by atoms with van der Waals surface area (Å²) in [6.45, 7) is 3.62. The van der Waals surface area contributed by atoms with E-state index in [-0.39, 0.29) is 0 Å². The predicted octanol–water partition coefficient (Wildman–Crippen LogP) is 3.28. The fraction of sp³-hybridized carbons (Fsp3) is 0.348. The van der Waals surface area contributed by atoms with Crippen molar-refractivity contribution < 1.29 is 28.1 Å². The Labute approximate surface area is 174 Å². The highest BCUT2D eigenvalue weighted by atomic mass is 16.6. The Kier molecular flexibility index (Phi) is 6.97. The lowest BCUT2D eigenvalue weighted by Crippen LogP contribution is -2.13. The lowest BCUT2D eigenvalue weighted by atomic mass is 10.1. The molecular formula is C23H24O7. The van der Waals surface area contributed by atoms with Gasteiger partial charge < -0.3 is 28.1 Å². The molecule has 2 heterocycles. The summed E-state index contributed by atoms with van der Waals surface area (Å²) in [5.41, 5.74) is 1.32. The molecule has 3 aromatic rings. The Morgan fingerprint density at radius 1 is 0.633 bits per heavy atom. The molecule has 0 aliphatic carbocycles. The average molecular weight is 412 g/mol. The van der Waals surface area contributed by atoms with E-state index in [1.165, 1.54) is 0 Å². The number of ether oxygens (including phenoxy) is 5. The standard InChI is InChI=1S/C23H24O7/c24-23-19(15-18-3-1-2-4-20(18)30-23)17-5-6-21-22(16-17)29-14-12-27-10-8-25-7-9-26-11-13-28-21/h1-6,15-16H,7-14H2. The van der Waals surface area contributed by atoms with Crippen LogP contribution in [0.3, 0.4) is 0 Å². The first-order chi connectivity index (χ1) is 14.8. The molecule has 1 aliphatic rings. The topological polar surface area (TPSA) is 76.4 Å². The summed E-state index contributed by atoms with van der Waals surface area (Å²) in [6, 6.07) is 14.7. The molecule has 0 N–H and O–H groups in total. The van der Waals surface area contributed by atoms with Gasteiger partial charge in [-0.1, -0.05) is 24.3 Å². The van der Waals surface area contributed by atoms with Crippen molar-refractivity contribution in [1.29, 1.82) is 0 Å².